The first-order valence-electron chi connectivity index (χ1n) is 6.81. The lowest BCUT2D eigenvalue weighted by Gasteiger charge is -2.04. The summed E-state index contributed by atoms with van der Waals surface area (Å²) in [6.07, 6.45) is 3.19. The zero-order valence-electron chi connectivity index (χ0n) is 11.2. The molecule has 0 radical (unpaired) electrons. The van der Waals surface area contributed by atoms with E-state index in [-0.39, 0.29) is 0 Å². The lowest BCUT2D eigenvalue weighted by molar-refractivity contribution is 0.174. The van der Waals surface area contributed by atoms with Crippen LogP contribution in [0.1, 0.15) is 23.6 Å². The van der Waals surface area contributed by atoms with Crippen molar-refractivity contribution in [3.05, 3.63) is 59.2 Å². The van der Waals surface area contributed by atoms with E-state index in [0.717, 1.165) is 30.8 Å². The first kappa shape index (κ1) is 12.1. The Morgan fingerprint density at radius 2 is 1.42 bits per heavy atom. The van der Waals surface area contributed by atoms with Gasteiger partial charge in [-0.15, -0.1) is 0 Å². The topological polar surface area (TPSA) is 18.5 Å². The fraction of sp³-hybridized carbons (Fsp3) is 0.294. The number of hydrogen-bond donors (Lipinski definition) is 0. The summed E-state index contributed by atoms with van der Waals surface area (Å²) in [6.45, 7) is 2.53. The molecule has 2 heteroatoms. The maximum absolute atomic E-state index is 5.40. The highest BCUT2D eigenvalue weighted by Crippen LogP contribution is 2.32. The second-order valence-corrected chi connectivity index (χ2v) is 4.86. The van der Waals surface area contributed by atoms with Crippen molar-refractivity contribution >= 4 is 0 Å². The Bertz CT molecular complexity index is 558. The van der Waals surface area contributed by atoms with E-state index in [1.54, 1.807) is 0 Å². The molecule has 0 aliphatic carbocycles. The van der Waals surface area contributed by atoms with E-state index >= 15 is 0 Å². The Morgan fingerprint density at radius 1 is 0.789 bits per heavy atom. The van der Waals surface area contributed by atoms with Crippen LogP contribution in [-0.2, 0) is 19.3 Å². The molecule has 0 atom stereocenters. The highest BCUT2D eigenvalue weighted by molar-refractivity contribution is 5.44. The van der Waals surface area contributed by atoms with Crippen LogP contribution in [0.15, 0.2) is 42.5 Å². The summed E-state index contributed by atoms with van der Waals surface area (Å²) in [5, 5.41) is 0. The van der Waals surface area contributed by atoms with E-state index in [1.807, 2.05) is 6.07 Å². The van der Waals surface area contributed by atoms with Crippen LogP contribution >= 0.6 is 0 Å². The van der Waals surface area contributed by atoms with Crippen molar-refractivity contribution in [2.75, 3.05) is 6.79 Å². The third-order valence-electron chi connectivity index (χ3n) is 3.57. The average molecular weight is 254 g/mol. The highest BCUT2D eigenvalue weighted by Gasteiger charge is 2.12. The molecule has 1 aliphatic rings. The van der Waals surface area contributed by atoms with Gasteiger partial charge in [0.05, 0.1) is 0 Å². The summed E-state index contributed by atoms with van der Waals surface area (Å²) in [6, 6.07) is 15.1. The lowest BCUT2D eigenvalue weighted by Crippen LogP contribution is -1.93. The highest BCUT2D eigenvalue weighted by atomic mass is 16.7. The van der Waals surface area contributed by atoms with Gasteiger partial charge in [0.25, 0.3) is 0 Å². The summed E-state index contributed by atoms with van der Waals surface area (Å²) in [5.74, 6) is 1.73. The Hall–Kier alpha value is -1.96. The van der Waals surface area contributed by atoms with Crippen molar-refractivity contribution in [1.29, 1.82) is 0 Å². The van der Waals surface area contributed by atoms with Crippen LogP contribution in [0.25, 0.3) is 0 Å². The van der Waals surface area contributed by atoms with E-state index < -0.39 is 0 Å². The molecule has 0 bridgehead atoms. The molecule has 0 amide bonds. The van der Waals surface area contributed by atoms with Gasteiger partial charge in [0.1, 0.15) is 0 Å². The summed E-state index contributed by atoms with van der Waals surface area (Å²) in [7, 11) is 0. The second kappa shape index (κ2) is 5.35. The molecule has 3 rings (SSSR count). The summed E-state index contributed by atoms with van der Waals surface area (Å²) >= 11 is 0. The van der Waals surface area contributed by atoms with Crippen molar-refractivity contribution < 1.29 is 9.47 Å². The Morgan fingerprint density at radius 3 is 2.21 bits per heavy atom. The first-order valence-corrected chi connectivity index (χ1v) is 6.81. The third-order valence-corrected chi connectivity index (χ3v) is 3.57. The van der Waals surface area contributed by atoms with Crippen LogP contribution in [0.2, 0.25) is 0 Å². The molecule has 0 aromatic heterocycles. The number of ether oxygens (including phenoxy) is 2. The fourth-order valence-electron chi connectivity index (χ4n) is 2.33. The quantitative estimate of drug-likeness (QED) is 0.827. The molecule has 0 saturated carbocycles. The van der Waals surface area contributed by atoms with Gasteiger partial charge in [0.2, 0.25) is 6.79 Å². The fourth-order valence-corrected chi connectivity index (χ4v) is 2.33. The van der Waals surface area contributed by atoms with Gasteiger partial charge < -0.3 is 9.47 Å². The molecule has 0 unspecified atom stereocenters. The molecule has 2 aromatic rings. The molecule has 0 N–H and O–H groups in total. The van der Waals surface area contributed by atoms with Crippen molar-refractivity contribution in [2.45, 2.75) is 26.2 Å². The largest absolute Gasteiger partial charge is 0.454 e. The zero-order chi connectivity index (χ0) is 13.1. The standard InChI is InChI=1S/C17H18O2/c1-2-13-3-5-14(6-4-13)7-8-15-9-10-16-17(11-15)19-12-18-16/h3-6,9-11H,2,7-8,12H2,1H3. The normalized spacial score (nSPS) is 12.7. The predicted molar refractivity (Wildman–Crippen MR) is 75.8 cm³/mol. The van der Waals surface area contributed by atoms with Crippen LogP contribution in [0.4, 0.5) is 0 Å². The van der Waals surface area contributed by atoms with Gasteiger partial charge in [0.15, 0.2) is 11.5 Å². The second-order valence-electron chi connectivity index (χ2n) is 4.86. The molecule has 0 fully saturated rings. The number of benzene rings is 2. The van der Waals surface area contributed by atoms with E-state index in [1.165, 1.54) is 16.7 Å². The van der Waals surface area contributed by atoms with Gasteiger partial charge in [-0.1, -0.05) is 37.3 Å². The molecular formula is C17H18O2. The van der Waals surface area contributed by atoms with Gasteiger partial charge in [-0.3, -0.25) is 0 Å². The Balaban J connectivity index is 1.65. The third kappa shape index (κ3) is 2.73. The number of aryl methyl sites for hydroxylation is 3. The number of rotatable bonds is 4. The molecule has 0 saturated heterocycles. The van der Waals surface area contributed by atoms with Crippen LogP contribution < -0.4 is 9.47 Å². The minimum absolute atomic E-state index is 0.345. The molecule has 19 heavy (non-hydrogen) atoms. The Kier molecular flexibility index (Phi) is 3.41. The van der Waals surface area contributed by atoms with Gasteiger partial charge in [-0.2, -0.15) is 0 Å². The number of fused-ring (bicyclic) bond motifs is 1. The van der Waals surface area contributed by atoms with Crippen molar-refractivity contribution in [3.63, 3.8) is 0 Å². The van der Waals surface area contributed by atoms with Crippen LogP contribution in [0.5, 0.6) is 11.5 Å². The summed E-state index contributed by atoms with van der Waals surface area (Å²) in [5.41, 5.74) is 4.07. The zero-order valence-corrected chi connectivity index (χ0v) is 11.2. The minimum Gasteiger partial charge on any atom is -0.454 e. The van der Waals surface area contributed by atoms with Crippen LogP contribution in [0, 0.1) is 0 Å². The van der Waals surface area contributed by atoms with Gasteiger partial charge in [-0.05, 0) is 48.1 Å². The Labute approximate surface area is 114 Å². The van der Waals surface area contributed by atoms with E-state index in [4.69, 9.17) is 9.47 Å². The molecule has 1 aliphatic heterocycles. The van der Waals surface area contributed by atoms with Crippen LogP contribution in [-0.4, -0.2) is 6.79 Å². The van der Waals surface area contributed by atoms with Gasteiger partial charge >= 0.3 is 0 Å². The maximum atomic E-state index is 5.40. The molecule has 2 nitrogen and oxygen atoms in total. The summed E-state index contributed by atoms with van der Waals surface area (Å²) in [4.78, 5) is 0. The van der Waals surface area contributed by atoms with Crippen molar-refractivity contribution in [3.8, 4) is 11.5 Å². The lowest BCUT2D eigenvalue weighted by atomic mass is 10.0. The predicted octanol–water partition coefficient (Wildman–Crippen LogP) is 3.76. The molecule has 0 spiro atoms. The van der Waals surface area contributed by atoms with Crippen molar-refractivity contribution in [2.24, 2.45) is 0 Å². The number of hydrogen-bond acceptors (Lipinski definition) is 2. The van der Waals surface area contributed by atoms with Crippen molar-refractivity contribution in [1.82, 2.24) is 0 Å². The SMILES string of the molecule is CCc1ccc(CCc2ccc3c(c2)OCO3)cc1. The van der Waals surface area contributed by atoms with Gasteiger partial charge in [-0.25, -0.2) is 0 Å². The van der Waals surface area contributed by atoms with E-state index in [9.17, 15) is 0 Å². The summed E-state index contributed by atoms with van der Waals surface area (Å²) < 4.78 is 10.7. The molecular weight excluding hydrogens is 236 g/mol. The monoisotopic (exact) mass is 254 g/mol. The van der Waals surface area contributed by atoms with E-state index in [2.05, 4.69) is 43.3 Å². The van der Waals surface area contributed by atoms with Gasteiger partial charge in [0, 0.05) is 0 Å². The smallest absolute Gasteiger partial charge is 0.231 e. The minimum atomic E-state index is 0.345. The van der Waals surface area contributed by atoms with Crippen LogP contribution in [0.3, 0.4) is 0 Å². The van der Waals surface area contributed by atoms with E-state index in [0.29, 0.717) is 6.79 Å². The molecule has 2 aromatic carbocycles. The molecule has 1 heterocycles. The molecule has 98 valence electrons. The average Bonchev–Trinajstić information content (AvgIpc) is 2.93. The first-order chi connectivity index (χ1) is 9.35. The maximum Gasteiger partial charge on any atom is 0.231 e.